The number of esters is 2. The van der Waals surface area contributed by atoms with Crippen LogP contribution in [0.2, 0.25) is 0 Å². The van der Waals surface area contributed by atoms with Gasteiger partial charge < -0.3 is 19.7 Å². The Hall–Kier alpha value is -4.03. The Morgan fingerprint density at radius 1 is 0.958 bits per heavy atom. The van der Waals surface area contributed by atoms with E-state index >= 15 is 0 Å². The van der Waals surface area contributed by atoms with Crippen molar-refractivity contribution in [1.29, 1.82) is 0 Å². The molecule has 7 nitrogen and oxygen atoms in total. The lowest BCUT2D eigenvalue weighted by atomic mass is 9.92. The van der Waals surface area contributed by atoms with Crippen LogP contribution in [0.3, 0.4) is 0 Å². The molecule has 2 heterocycles. The maximum Gasteiger partial charge on any atom is 0.339 e. The molecule has 0 saturated carbocycles. The van der Waals surface area contributed by atoms with Crippen molar-refractivity contribution in [3.63, 3.8) is 0 Å². The number of carbonyl (C=O) groups excluding carboxylic acids is 2. The van der Waals surface area contributed by atoms with Crippen molar-refractivity contribution in [2.24, 2.45) is 0 Å². The van der Waals surface area contributed by atoms with Gasteiger partial charge in [0.1, 0.15) is 6.10 Å². The number of cyclic esters (lactones) is 2. The molecule has 0 radical (unpaired) electrons. The third-order valence-corrected chi connectivity index (χ3v) is 8.93. The molecule has 2 N–H and O–H groups in total. The summed E-state index contributed by atoms with van der Waals surface area (Å²) in [6, 6.07) is 18.6. The van der Waals surface area contributed by atoms with Crippen LogP contribution in [0.4, 0.5) is 0 Å². The molecule has 3 aromatic rings. The van der Waals surface area contributed by atoms with E-state index in [1.807, 2.05) is 50.4 Å². The molecule has 3 unspecified atom stereocenters. The number of hydrogen-bond acceptors (Lipinski definition) is 6. The summed E-state index contributed by atoms with van der Waals surface area (Å²) in [6.07, 6.45) is 9.83. The number of aryl methyl sites for hydroxylation is 3. The second-order valence-corrected chi connectivity index (χ2v) is 14.4. The van der Waals surface area contributed by atoms with Crippen LogP contribution in [0.5, 0.6) is 0 Å². The molecule has 258 valence electrons. The average molecular weight is 674 g/mol. The van der Waals surface area contributed by atoms with E-state index in [-0.39, 0.29) is 24.2 Å². The molecule has 0 saturated heterocycles. The zero-order valence-electron chi connectivity index (χ0n) is 29.5. The van der Waals surface area contributed by atoms with E-state index in [1.54, 1.807) is 12.1 Å². The van der Waals surface area contributed by atoms with Crippen LogP contribution in [-0.4, -0.2) is 37.2 Å². The summed E-state index contributed by atoms with van der Waals surface area (Å²) in [7, 11) is -1.06. The first kappa shape index (κ1) is 40.1. The predicted octanol–water partition coefficient (Wildman–Crippen LogP) is 9.04. The van der Waals surface area contributed by atoms with Crippen molar-refractivity contribution in [3.8, 4) is 0 Å². The topological polar surface area (TPSA) is 102 Å². The lowest BCUT2D eigenvalue weighted by molar-refractivity contribution is -0.142. The summed E-state index contributed by atoms with van der Waals surface area (Å²) in [5.74, 6) is -0.340. The normalized spacial score (nSPS) is 18.0. The lowest BCUT2D eigenvalue weighted by Gasteiger charge is -2.17. The van der Waals surface area contributed by atoms with Crippen molar-refractivity contribution in [2.75, 3.05) is 20.3 Å². The standard InChI is InChI=1S/C21H30NO2P.C9H8O2.C8H10O2.C2H4/c1-14-7-8-18(12-21(14)17(4)22-5)11-20-15(2)9-19(10-16(20)3)13-25(6,23)24;1-6-7-4-2-3-5-8(7)9(10)11-6;9-8-6-4-2-1-3-5-7-10-8;1-2/h7-10,12,17,22H,11,13H2,1-6H3,(H,23,24);2-6H,1H3;1-4H,5-7H2;1-2H2/b;;3-1-,4-2-;. The van der Waals surface area contributed by atoms with Crippen molar-refractivity contribution in [3.05, 3.63) is 142 Å². The summed E-state index contributed by atoms with van der Waals surface area (Å²) in [4.78, 5) is 31.4. The van der Waals surface area contributed by atoms with Crippen molar-refractivity contribution in [1.82, 2.24) is 5.32 Å². The van der Waals surface area contributed by atoms with Crippen LogP contribution in [0.1, 0.15) is 93.7 Å². The van der Waals surface area contributed by atoms with Gasteiger partial charge in [-0.15, -0.1) is 13.2 Å². The minimum absolute atomic E-state index is 0.0706. The first-order chi connectivity index (χ1) is 22.8. The van der Waals surface area contributed by atoms with Crippen molar-refractivity contribution in [2.45, 2.75) is 72.2 Å². The number of allylic oxidation sites excluding steroid dienone is 2. The predicted molar refractivity (Wildman–Crippen MR) is 197 cm³/mol. The first-order valence-corrected chi connectivity index (χ1v) is 18.5. The summed E-state index contributed by atoms with van der Waals surface area (Å²) in [6.45, 7) is 18.3. The Morgan fingerprint density at radius 2 is 1.60 bits per heavy atom. The van der Waals surface area contributed by atoms with E-state index < -0.39 is 7.37 Å². The smallest absolute Gasteiger partial charge is 0.339 e. The molecule has 0 spiro atoms. The van der Waals surface area contributed by atoms with Crippen LogP contribution in [-0.2, 0) is 31.4 Å². The Labute approximate surface area is 287 Å². The minimum Gasteiger partial charge on any atom is -0.465 e. The van der Waals surface area contributed by atoms with Gasteiger partial charge in [0.15, 0.2) is 0 Å². The van der Waals surface area contributed by atoms with Crippen LogP contribution >= 0.6 is 7.37 Å². The highest BCUT2D eigenvalue weighted by Gasteiger charge is 2.26. The number of carbonyl (C=O) groups is 2. The zero-order valence-corrected chi connectivity index (χ0v) is 30.4. The van der Waals surface area contributed by atoms with Crippen LogP contribution < -0.4 is 5.32 Å². The number of nitrogens with one attached hydrogen (secondary N) is 1. The lowest BCUT2D eigenvalue weighted by Crippen LogP contribution is -2.14. The largest absolute Gasteiger partial charge is 0.465 e. The van der Waals surface area contributed by atoms with Gasteiger partial charge in [-0.2, -0.15) is 0 Å². The molecule has 0 amide bonds. The van der Waals surface area contributed by atoms with Crippen LogP contribution in [0.25, 0.3) is 0 Å². The van der Waals surface area contributed by atoms with Gasteiger partial charge in [-0.3, -0.25) is 9.36 Å². The molecule has 5 rings (SSSR count). The molecule has 0 bridgehead atoms. The molecular formula is C40H52NO6P. The summed E-state index contributed by atoms with van der Waals surface area (Å²) >= 11 is 0. The van der Waals surface area contributed by atoms with Gasteiger partial charge in [0.2, 0.25) is 7.37 Å². The average Bonchev–Trinajstić information content (AvgIpc) is 3.40. The Morgan fingerprint density at radius 3 is 2.23 bits per heavy atom. The third-order valence-electron chi connectivity index (χ3n) is 7.97. The van der Waals surface area contributed by atoms with Gasteiger partial charge in [0.05, 0.1) is 18.6 Å². The fourth-order valence-electron chi connectivity index (χ4n) is 5.46. The molecule has 3 atom stereocenters. The van der Waals surface area contributed by atoms with E-state index in [0.717, 1.165) is 24.0 Å². The van der Waals surface area contributed by atoms with Crippen LogP contribution in [0.15, 0.2) is 92.1 Å². The van der Waals surface area contributed by atoms with Gasteiger partial charge in [0.25, 0.3) is 0 Å². The van der Waals surface area contributed by atoms with Gasteiger partial charge in [-0.1, -0.05) is 72.8 Å². The highest BCUT2D eigenvalue weighted by atomic mass is 31.2. The second-order valence-electron chi connectivity index (χ2n) is 12.0. The molecule has 3 aromatic carbocycles. The molecule has 0 aromatic heterocycles. The number of ether oxygens (including phenoxy) is 2. The van der Waals surface area contributed by atoms with Crippen molar-refractivity contribution >= 4 is 19.3 Å². The van der Waals surface area contributed by atoms with E-state index in [9.17, 15) is 19.0 Å². The molecule has 8 heteroatoms. The number of hydrogen-bond donors (Lipinski definition) is 2. The monoisotopic (exact) mass is 673 g/mol. The Kier molecular flexibility index (Phi) is 16.5. The quantitative estimate of drug-likeness (QED) is 0.153. The molecule has 0 fully saturated rings. The summed E-state index contributed by atoms with van der Waals surface area (Å²) in [5, 5.41) is 3.31. The Balaban J connectivity index is 0.000000284. The summed E-state index contributed by atoms with van der Waals surface area (Å²) < 4.78 is 21.5. The zero-order chi connectivity index (χ0) is 35.9. The number of fused-ring (bicyclic) bond motifs is 1. The van der Waals surface area contributed by atoms with Gasteiger partial charge in [0, 0.05) is 24.4 Å². The number of benzene rings is 3. The second kappa shape index (κ2) is 19.7. The Bertz CT molecular complexity index is 1610. The van der Waals surface area contributed by atoms with Gasteiger partial charge in [-0.25, -0.2) is 4.79 Å². The fourth-order valence-corrected chi connectivity index (χ4v) is 6.32. The highest BCUT2D eigenvalue weighted by Crippen LogP contribution is 2.40. The van der Waals surface area contributed by atoms with Gasteiger partial charge >= 0.3 is 11.9 Å². The maximum atomic E-state index is 11.7. The van der Waals surface area contributed by atoms with E-state index in [1.165, 1.54) is 40.0 Å². The molecule has 2 aliphatic heterocycles. The van der Waals surface area contributed by atoms with Gasteiger partial charge in [-0.05, 0) is 99.5 Å². The van der Waals surface area contributed by atoms with Crippen molar-refractivity contribution < 1.29 is 28.5 Å². The third kappa shape index (κ3) is 12.9. The highest BCUT2D eigenvalue weighted by molar-refractivity contribution is 7.56. The molecular weight excluding hydrogens is 621 g/mol. The van der Waals surface area contributed by atoms with Crippen LogP contribution in [0, 0.1) is 20.8 Å². The number of rotatable bonds is 6. The van der Waals surface area contributed by atoms with E-state index in [4.69, 9.17) is 9.47 Å². The fraction of sp³-hybridized carbons (Fsp3) is 0.350. The van der Waals surface area contributed by atoms with E-state index in [0.29, 0.717) is 24.6 Å². The first-order valence-electron chi connectivity index (χ1n) is 16.2. The maximum absolute atomic E-state index is 11.7. The SMILES string of the molecule is C=C.CC1OC(=O)c2ccccc21.CNC(C)c1cc(Cc2c(C)cc(CP(C)(=O)O)cc2C)ccc1C.O=C1C/C=C\C=C/CCO1. The summed E-state index contributed by atoms with van der Waals surface area (Å²) in [5.41, 5.74) is 10.3. The molecule has 2 aliphatic rings. The minimum atomic E-state index is -3.04. The van der Waals surface area contributed by atoms with E-state index in [2.05, 4.69) is 76.5 Å². The molecule has 48 heavy (non-hydrogen) atoms. The molecule has 0 aliphatic carbocycles.